The molecule has 1 aromatic heterocycles. The molecule has 2 aromatic carbocycles. The summed E-state index contributed by atoms with van der Waals surface area (Å²) in [5.74, 6) is 0.796. The molecule has 0 aliphatic carbocycles. The number of ether oxygens (including phenoxy) is 2. The minimum absolute atomic E-state index is 0.0212. The number of fused-ring (bicyclic) bond motifs is 2. The average molecular weight is 692 g/mol. The number of hydrogen-bond donors (Lipinski definition) is 1. The van der Waals surface area contributed by atoms with E-state index >= 15 is 0 Å². The summed E-state index contributed by atoms with van der Waals surface area (Å²) in [6, 6.07) is 15.0. The number of unbranched alkanes of at least 4 members (excludes halogenated alkanes) is 10. The number of rotatable bonds is 21. The number of carbonyl (C=O) groups excluding carboxylic acids is 1. The summed E-state index contributed by atoms with van der Waals surface area (Å²) in [4.78, 5) is 20.0. The maximum absolute atomic E-state index is 13.3. The topological polar surface area (TPSA) is 65.5 Å². The molecule has 7 nitrogen and oxygen atoms in total. The molecule has 3 aromatic rings. The molecule has 3 heterocycles. The predicted octanol–water partition coefficient (Wildman–Crippen LogP) is 9.50. The van der Waals surface area contributed by atoms with E-state index in [-0.39, 0.29) is 18.1 Å². The van der Waals surface area contributed by atoms with Gasteiger partial charge in [-0.3, -0.25) is 14.6 Å². The van der Waals surface area contributed by atoms with Gasteiger partial charge in [-0.2, -0.15) is 0 Å². The minimum Gasteiger partial charge on any atom is -0.494 e. The average Bonchev–Trinajstić information content (AvgIpc) is 3.58. The van der Waals surface area contributed by atoms with E-state index in [1.807, 2.05) is 23.5 Å². The summed E-state index contributed by atoms with van der Waals surface area (Å²) >= 11 is 1.81. The Balaban J connectivity index is 1.01. The van der Waals surface area contributed by atoms with Crippen LogP contribution in [0.3, 0.4) is 0 Å². The van der Waals surface area contributed by atoms with E-state index in [9.17, 15) is 9.90 Å². The van der Waals surface area contributed by atoms with Crippen LogP contribution in [0.4, 0.5) is 11.4 Å². The minimum atomic E-state index is -0.863. The molecule has 2 aliphatic heterocycles. The zero-order valence-corrected chi connectivity index (χ0v) is 31.3. The number of anilines is 2. The molecule has 1 fully saturated rings. The lowest BCUT2D eigenvalue weighted by Gasteiger charge is -2.38. The molecular formula is C41H61N3O4S. The Morgan fingerprint density at radius 1 is 0.857 bits per heavy atom. The van der Waals surface area contributed by atoms with Crippen molar-refractivity contribution >= 4 is 38.7 Å². The van der Waals surface area contributed by atoms with Gasteiger partial charge in [-0.15, -0.1) is 11.3 Å². The van der Waals surface area contributed by atoms with Crippen LogP contribution in [0.15, 0.2) is 47.8 Å². The fraction of sp³-hybridized carbons (Fsp3) is 0.634. The Kier molecular flexibility index (Phi) is 14.7. The maximum Gasteiger partial charge on any atom is 0.229 e. The maximum atomic E-state index is 13.3. The number of piperazine rings is 1. The Morgan fingerprint density at radius 3 is 2.35 bits per heavy atom. The molecule has 1 atom stereocenters. The van der Waals surface area contributed by atoms with Crippen LogP contribution >= 0.6 is 11.3 Å². The largest absolute Gasteiger partial charge is 0.494 e. The molecule has 0 spiro atoms. The van der Waals surface area contributed by atoms with E-state index in [0.29, 0.717) is 19.4 Å². The highest BCUT2D eigenvalue weighted by molar-refractivity contribution is 7.17. The Bertz CT molecular complexity index is 1430. The second-order valence-corrected chi connectivity index (χ2v) is 15.7. The third-order valence-corrected chi connectivity index (χ3v) is 11.3. The van der Waals surface area contributed by atoms with Gasteiger partial charge in [0.2, 0.25) is 5.91 Å². The lowest BCUT2D eigenvalue weighted by molar-refractivity contribution is -0.128. The number of nitrogens with zero attached hydrogens (tertiary/aromatic N) is 3. The summed E-state index contributed by atoms with van der Waals surface area (Å²) < 4.78 is 13.4. The standard InChI is InChI=1S/C41H61N3O4S/c1-4-5-6-7-8-9-10-11-12-13-19-40(46)48-32-44-37-30-33(20-21-35(37)41(2,3)31-39(44)45)47-28-15-14-23-42-24-26-43(27-25-42)36-17-16-18-38-34(36)22-29-49-38/h16-18,20-22,29-30,40,46H,4-15,19,23-28,31-32H2,1-3H3. The first-order chi connectivity index (χ1) is 23.9. The second kappa shape index (κ2) is 19.1. The summed E-state index contributed by atoms with van der Waals surface area (Å²) in [5.41, 5.74) is 3.05. The van der Waals surface area contributed by atoms with Crippen molar-refractivity contribution in [2.75, 3.05) is 55.9 Å². The number of aliphatic hydroxyl groups excluding tert-OH is 1. The third kappa shape index (κ3) is 10.9. The number of thiophene rings is 1. The van der Waals surface area contributed by atoms with Crippen LogP contribution in [0.1, 0.15) is 116 Å². The first-order valence-corrected chi connectivity index (χ1v) is 20.0. The molecule has 0 radical (unpaired) electrons. The molecule has 1 unspecified atom stereocenters. The van der Waals surface area contributed by atoms with Crippen molar-refractivity contribution in [3.8, 4) is 5.75 Å². The fourth-order valence-electron chi connectivity index (χ4n) is 7.39. The van der Waals surface area contributed by atoms with Gasteiger partial charge < -0.3 is 19.5 Å². The van der Waals surface area contributed by atoms with Crippen molar-refractivity contribution in [3.63, 3.8) is 0 Å². The van der Waals surface area contributed by atoms with Crippen molar-refractivity contribution in [1.29, 1.82) is 0 Å². The Labute approximate surface area is 299 Å². The molecule has 0 saturated carbocycles. The molecule has 0 bridgehead atoms. The SMILES string of the molecule is CCCCCCCCCCCCC(O)OCN1C(=O)CC(C)(C)c2ccc(OCCCCN3CCN(c4cccc5sccc45)CC3)cc21. The normalized spacial score (nSPS) is 17.1. The second-order valence-electron chi connectivity index (χ2n) is 14.8. The fourth-order valence-corrected chi connectivity index (χ4v) is 8.19. The Hall–Kier alpha value is -2.65. The van der Waals surface area contributed by atoms with Gasteiger partial charge in [-0.1, -0.05) is 90.7 Å². The molecule has 1 amide bonds. The van der Waals surface area contributed by atoms with Crippen LogP contribution in [0.2, 0.25) is 0 Å². The quantitative estimate of drug-likeness (QED) is 0.0887. The molecule has 1 N–H and O–H groups in total. The van der Waals surface area contributed by atoms with E-state index in [0.717, 1.165) is 75.4 Å². The molecule has 2 aliphatic rings. The zero-order valence-electron chi connectivity index (χ0n) is 30.5. The smallest absolute Gasteiger partial charge is 0.229 e. The predicted molar refractivity (Wildman–Crippen MR) is 205 cm³/mol. The van der Waals surface area contributed by atoms with E-state index < -0.39 is 6.29 Å². The first-order valence-electron chi connectivity index (χ1n) is 19.2. The monoisotopic (exact) mass is 691 g/mol. The highest BCUT2D eigenvalue weighted by Crippen LogP contribution is 2.42. The van der Waals surface area contributed by atoms with Gasteiger partial charge in [0.25, 0.3) is 0 Å². The lowest BCUT2D eigenvalue weighted by Crippen LogP contribution is -2.46. The molecule has 5 rings (SSSR count). The van der Waals surface area contributed by atoms with Crippen molar-refractivity contribution in [2.24, 2.45) is 0 Å². The number of carbonyl (C=O) groups is 1. The van der Waals surface area contributed by atoms with Gasteiger partial charge in [0.05, 0.1) is 12.3 Å². The summed E-state index contributed by atoms with van der Waals surface area (Å²) in [5, 5.41) is 14.1. The van der Waals surface area contributed by atoms with Crippen molar-refractivity contribution in [2.45, 2.75) is 122 Å². The van der Waals surface area contributed by atoms with Gasteiger partial charge in [0.1, 0.15) is 12.5 Å². The molecule has 270 valence electrons. The van der Waals surface area contributed by atoms with E-state index in [4.69, 9.17) is 9.47 Å². The zero-order chi connectivity index (χ0) is 34.5. The van der Waals surface area contributed by atoms with Gasteiger partial charge in [0, 0.05) is 59.9 Å². The van der Waals surface area contributed by atoms with Gasteiger partial charge in [-0.05, 0) is 67.4 Å². The van der Waals surface area contributed by atoms with Crippen LogP contribution < -0.4 is 14.5 Å². The molecular weight excluding hydrogens is 631 g/mol. The lowest BCUT2D eigenvalue weighted by atomic mass is 9.77. The molecule has 1 saturated heterocycles. The number of benzene rings is 2. The van der Waals surface area contributed by atoms with Crippen LogP contribution in [0.25, 0.3) is 10.1 Å². The van der Waals surface area contributed by atoms with Gasteiger partial charge in [-0.25, -0.2) is 0 Å². The van der Waals surface area contributed by atoms with Crippen LogP contribution in [-0.2, 0) is 14.9 Å². The van der Waals surface area contributed by atoms with Gasteiger partial charge >= 0.3 is 0 Å². The van der Waals surface area contributed by atoms with Crippen LogP contribution in [0.5, 0.6) is 5.75 Å². The van der Waals surface area contributed by atoms with Crippen molar-refractivity contribution in [1.82, 2.24) is 4.90 Å². The summed E-state index contributed by atoms with van der Waals surface area (Å²) in [6.07, 6.45) is 14.8. The Morgan fingerprint density at radius 2 is 1.59 bits per heavy atom. The number of aliphatic hydroxyl groups is 1. The van der Waals surface area contributed by atoms with E-state index in [2.05, 4.69) is 66.3 Å². The summed E-state index contributed by atoms with van der Waals surface area (Å²) in [6.45, 7) is 12.6. The highest BCUT2D eigenvalue weighted by Gasteiger charge is 2.37. The van der Waals surface area contributed by atoms with E-state index in [1.54, 1.807) is 4.90 Å². The third-order valence-electron chi connectivity index (χ3n) is 10.4. The van der Waals surface area contributed by atoms with Crippen LogP contribution in [-0.4, -0.2) is 68.3 Å². The molecule has 8 heteroatoms. The number of amides is 1. The molecule has 49 heavy (non-hydrogen) atoms. The van der Waals surface area contributed by atoms with Crippen molar-refractivity contribution in [3.05, 3.63) is 53.4 Å². The van der Waals surface area contributed by atoms with Crippen molar-refractivity contribution < 1.29 is 19.4 Å². The van der Waals surface area contributed by atoms with Crippen LogP contribution in [0, 0.1) is 0 Å². The highest BCUT2D eigenvalue weighted by atomic mass is 32.1. The summed E-state index contributed by atoms with van der Waals surface area (Å²) in [7, 11) is 0. The first kappa shape index (κ1) is 37.6. The van der Waals surface area contributed by atoms with E-state index in [1.165, 1.54) is 67.1 Å². The van der Waals surface area contributed by atoms with Gasteiger partial charge in [0.15, 0.2) is 6.29 Å². The number of hydrogen-bond acceptors (Lipinski definition) is 7.